The Kier molecular flexibility index (Phi) is 3.41. The summed E-state index contributed by atoms with van der Waals surface area (Å²) in [6, 6.07) is 7.28. The molecule has 1 aromatic carbocycles. The van der Waals surface area contributed by atoms with Gasteiger partial charge in [0.1, 0.15) is 11.3 Å². The molecule has 1 aliphatic heterocycles. The first-order chi connectivity index (χ1) is 10.1. The molecule has 1 saturated heterocycles. The van der Waals surface area contributed by atoms with Gasteiger partial charge in [0.15, 0.2) is 0 Å². The maximum atomic E-state index is 12.4. The molecule has 110 valence electrons. The van der Waals surface area contributed by atoms with E-state index in [1.54, 1.807) is 11.0 Å². The van der Waals surface area contributed by atoms with Crippen LogP contribution in [0.25, 0.3) is 11.0 Å². The summed E-state index contributed by atoms with van der Waals surface area (Å²) in [6.07, 6.45) is 0.368. The molecular formula is C16H18N2O3. The smallest absolute Gasteiger partial charge is 0.255 e. The van der Waals surface area contributed by atoms with Crippen molar-refractivity contribution in [3.8, 4) is 0 Å². The summed E-state index contributed by atoms with van der Waals surface area (Å²) in [5, 5.41) is 3.84. The highest BCUT2D eigenvalue weighted by Crippen LogP contribution is 2.23. The number of hydrogen-bond acceptors (Lipinski definition) is 3. The number of para-hydroxylation sites is 1. The van der Waals surface area contributed by atoms with Crippen molar-refractivity contribution in [2.45, 2.75) is 26.3 Å². The van der Waals surface area contributed by atoms with Crippen LogP contribution in [0.15, 0.2) is 28.7 Å². The molecule has 3 rings (SSSR count). The fourth-order valence-corrected chi connectivity index (χ4v) is 2.81. The van der Waals surface area contributed by atoms with E-state index >= 15 is 0 Å². The zero-order chi connectivity index (χ0) is 15.0. The lowest BCUT2D eigenvalue weighted by molar-refractivity contribution is -0.127. The summed E-state index contributed by atoms with van der Waals surface area (Å²) >= 11 is 0. The Balaban J connectivity index is 1.80. The minimum absolute atomic E-state index is 0.0925. The third-order valence-electron chi connectivity index (χ3n) is 3.84. The molecule has 0 radical (unpaired) electrons. The number of benzene rings is 1. The molecule has 5 heteroatoms. The number of likely N-dealkylation sites (N-methyl/N-ethyl adjacent to an activating group) is 1. The Hall–Kier alpha value is -2.30. The number of carbonyl (C=O) groups is 2. The van der Waals surface area contributed by atoms with Crippen LogP contribution in [0.3, 0.4) is 0 Å². The van der Waals surface area contributed by atoms with Crippen molar-refractivity contribution in [3.05, 3.63) is 35.6 Å². The van der Waals surface area contributed by atoms with E-state index in [2.05, 4.69) is 5.32 Å². The van der Waals surface area contributed by atoms with Crippen molar-refractivity contribution in [2.75, 3.05) is 13.1 Å². The third kappa shape index (κ3) is 2.51. The van der Waals surface area contributed by atoms with E-state index in [4.69, 9.17) is 4.42 Å². The molecule has 1 N–H and O–H groups in total. The maximum Gasteiger partial charge on any atom is 0.255 e. The number of nitrogens with one attached hydrogen (secondary N) is 1. The second-order valence-corrected chi connectivity index (χ2v) is 5.39. The average molecular weight is 286 g/mol. The largest absolute Gasteiger partial charge is 0.461 e. The Bertz CT molecular complexity index is 705. The predicted molar refractivity (Wildman–Crippen MR) is 79.1 cm³/mol. The fourth-order valence-electron chi connectivity index (χ4n) is 2.81. The van der Waals surface area contributed by atoms with Gasteiger partial charge in [-0.1, -0.05) is 12.1 Å². The summed E-state index contributed by atoms with van der Waals surface area (Å²) in [5.41, 5.74) is 1.12. The molecule has 1 aromatic heterocycles. The average Bonchev–Trinajstić information content (AvgIpc) is 2.99. The van der Waals surface area contributed by atoms with Gasteiger partial charge in [-0.3, -0.25) is 9.59 Å². The molecule has 2 amide bonds. The molecule has 0 bridgehead atoms. The Morgan fingerprint density at radius 3 is 3.00 bits per heavy atom. The molecule has 0 spiro atoms. The third-order valence-corrected chi connectivity index (χ3v) is 3.84. The van der Waals surface area contributed by atoms with Gasteiger partial charge < -0.3 is 14.6 Å². The van der Waals surface area contributed by atoms with Crippen LogP contribution in [0.4, 0.5) is 0 Å². The molecule has 0 unspecified atom stereocenters. The lowest BCUT2D eigenvalue weighted by Crippen LogP contribution is -2.37. The molecule has 0 saturated carbocycles. The number of hydrogen-bond donors (Lipinski definition) is 1. The van der Waals surface area contributed by atoms with Crippen LogP contribution in [0, 0.1) is 6.92 Å². The van der Waals surface area contributed by atoms with Gasteiger partial charge in [0.05, 0.1) is 11.6 Å². The standard InChI is InChI=1S/C16H18N2O3/c1-3-18-9-12(8-14(18)19)17-16(20)13-6-4-5-11-7-10(2)21-15(11)13/h4-7,12H,3,8-9H2,1-2H3,(H,17,20)/t12-/m0/s1. The second-order valence-electron chi connectivity index (χ2n) is 5.39. The lowest BCUT2D eigenvalue weighted by Gasteiger charge is -2.14. The van der Waals surface area contributed by atoms with Crippen molar-refractivity contribution in [1.82, 2.24) is 10.2 Å². The van der Waals surface area contributed by atoms with Gasteiger partial charge in [0.25, 0.3) is 5.91 Å². The molecular weight excluding hydrogens is 268 g/mol. The van der Waals surface area contributed by atoms with Crippen LogP contribution >= 0.6 is 0 Å². The van der Waals surface area contributed by atoms with E-state index in [1.807, 2.05) is 32.0 Å². The van der Waals surface area contributed by atoms with Crippen LogP contribution < -0.4 is 5.32 Å². The molecule has 0 aliphatic carbocycles. The minimum atomic E-state index is -0.189. The zero-order valence-electron chi connectivity index (χ0n) is 12.2. The first kappa shape index (κ1) is 13.7. The number of furan rings is 1. The number of likely N-dealkylation sites (tertiary alicyclic amines) is 1. The monoisotopic (exact) mass is 286 g/mol. The van der Waals surface area contributed by atoms with Crippen molar-refractivity contribution in [2.24, 2.45) is 0 Å². The van der Waals surface area contributed by atoms with E-state index in [1.165, 1.54) is 0 Å². The van der Waals surface area contributed by atoms with Gasteiger partial charge in [-0.05, 0) is 26.0 Å². The number of aryl methyl sites for hydroxylation is 1. The SMILES string of the molecule is CCN1C[C@@H](NC(=O)c2cccc3cc(C)oc23)CC1=O. The van der Waals surface area contributed by atoms with Crippen molar-refractivity contribution in [3.63, 3.8) is 0 Å². The number of rotatable bonds is 3. The quantitative estimate of drug-likeness (QED) is 0.939. The fraction of sp³-hybridized carbons (Fsp3) is 0.375. The lowest BCUT2D eigenvalue weighted by atomic mass is 10.1. The molecule has 2 heterocycles. The van der Waals surface area contributed by atoms with E-state index in [0.29, 0.717) is 30.7 Å². The normalized spacial score (nSPS) is 18.5. The van der Waals surface area contributed by atoms with Crippen LogP contribution in [0.5, 0.6) is 0 Å². The van der Waals surface area contributed by atoms with Gasteiger partial charge in [0, 0.05) is 24.9 Å². The van der Waals surface area contributed by atoms with Crippen molar-refractivity contribution in [1.29, 1.82) is 0 Å². The molecule has 1 aliphatic rings. The predicted octanol–water partition coefficient (Wildman–Crippen LogP) is 2.09. The summed E-state index contributed by atoms with van der Waals surface area (Å²) in [4.78, 5) is 25.9. The van der Waals surface area contributed by atoms with Crippen LogP contribution in [0.1, 0.15) is 29.5 Å². The number of fused-ring (bicyclic) bond motifs is 1. The topological polar surface area (TPSA) is 62.6 Å². The van der Waals surface area contributed by atoms with E-state index in [9.17, 15) is 9.59 Å². The summed E-state index contributed by atoms with van der Waals surface area (Å²) in [7, 11) is 0. The van der Waals surface area contributed by atoms with Crippen LogP contribution in [-0.2, 0) is 4.79 Å². The van der Waals surface area contributed by atoms with E-state index in [0.717, 1.165) is 11.1 Å². The highest BCUT2D eigenvalue weighted by Gasteiger charge is 2.30. The molecule has 1 atom stereocenters. The Morgan fingerprint density at radius 2 is 2.29 bits per heavy atom. The van der Waals surface area contributed by atoms with Gasteiger partial charge >= 0.3 is 0 Å². The number of nitrogens with zero attached hydrogens (tertiary/aromatic N) is 1. The zero-order valence-corrected chi connectivity index (χ0v) is 12.2. The van der Waals surface area contributed by atoms with Crippen molar-refractivity contribution < 1.29 is 14.0 Å². The molecule has 1 fully saturated rings. The van der Waals surface area contributed by atoms with E-state index < -0.39 is 0 Å². The van der Waals surface area contributed by atoms with E-state index in [-0.39, 0.29) is 17.9 Å². The van der Waals surface area contributed by atoms with Gasteiger partial charge in [-0.2, -0.15) is 0 Å². The first-order valence-corrected chi connectivity index (χ1v) is 7.16. The maximum absolute atomic E-state index is 12.4. The molecule has 2 aromatic rings. The number of amides is 2. The number of carbonyl (C=O) groups excluding carboxylic acids is 2. The highest BCUT2D eigenvalue weighted by atomic mass is 16.3. The Labute approximate surface area is 122 Å². The van der Waals surface area contributed by atoms with Crippen molar-refractivity contribution >= 4 is 22.8 Å². The molecule has 21 heavy (non-hydrogen) atoms. The summed E-state index contributed by atoms with van der Waals surface area (Å²) in [6.45, 7) is 5.05. The van der Waals surface area contributed by atoms with Gasteiger partial charge in [-0.25, -0.2) is 0 Å². The van der Waals surface area contributed by atoms with Crippen LogP contribution in [-0.4, -0.2) is 35.8 Å². The highest BCUT2D eigenvalue weighted by molar-refractivity contribution is 6.05. The second kappa shape index (κ2) is 5.24. The minimum Gasteiger partial charge on any atom is -0.461 e. The van der Waals surface area contributed by atoms with Gasteiger partial charge in [0.2, 0.25) is 5.91 Å². The van der Waals surface area contributed by atoms with Crippen LogP contribution in [0.2, 0.25) is 0 Å². The summed E-state index contributed by atoms with van der Waals surface area (Å²) in [5.74, 6) is 0.680. The first-order valence-electron chi connectivity index (χ1n) is 7.16. The summed E-state index contributed by atoms with van der Waals surface area (Å²) < 4.78 is 5.61. The molecule has 5 nitrogen and oxygen atoms in total. The Morgan fingerprint density at radius 1 is 1.48 bits per heavy atom. The van der Waals surface area contributed by atoms with Gasteiger partial charge in [-0.15, -0.1) is 0 Å².